The van der Waals surface area contributed by atoms with E-state index in [0.29, 0.717) is 18.6 Å². The number of hydrazone groups is 1. The number of esters is 1. The molecule has 3 rings (SSSR count). The molecule has 1 aromatic heterocycles. The van der Waals surface area contributed by atoms with Gasteiger partial charge in [0.15, 0.2) is 0 Å². The Kier molecular flexibility index (Phi) is 4.91. The highest BCUT2D eigenvalue weighted by Gasteiger charge is 2.30. The lowest BCUT2D eigenvalue weighted by molar-refractivity contribution is -0.145. The molecule has 0 bridgehead atoms. The summed E-state index contributed by atoms with van der Waals surface area (Å²) in [5.41, 5.74) is 2.52. The van der Waals surface area contributed by atoms with Gasteiger partial charge >= 0.3 is 5.97 Å². The van der Waals surface area contributed by atoms with Gasteiger partial charge in [0.25, 0.3) is 10.0 Å². The largest absolute Gasteiger partial charge is 0.469 e. The van der Waals surface area contributed by atoms with Crippen LogP contribution in [0.2, 0.25) is 0 Å². The van der Waals surface area contributed by atoms with Gasteiger partial charge in [-0.05, 0) is 42.5 Å². The monoisotopic (exact) mass is 378 g/mol. The van der Waals surface area contributed by atoms with Crippen LogP contribution in [0.25, 0.3) is 0 Å². The summed E-state index contributed by atoms with van der Waals surface area (Å²) in [5, 5.41) is 6.03. The highest BCUT2D eigenvalue weighted by atomic mass is 32.2. The molecular formula is C17H18N2O4S2. The van der Waals surface area contributed by atoms with Gasteiger partial charge in [0, 0.05) is 6.42 Å². The standard InChI is InChI=1S/C17H18N2O4S2/c1-11-3-5-14(6-4-11)25(21,22)19-18-15-10-13(17(20)23-2)9-12-7-8-24-16(12)15/h3-8,13,19H,9-10H2,1-2H3/t13-/m1/s1. The molecule has 1 aliphatic carbocycles. The molecule has 1 aromatic carbocycles. The van der Waals surface area contributed by atoms with Gasteiger partial charge in [-0.15, -0.1) is 11.3 Å². The van der Waals surface area contributed by atoms with Crippen molar-refractivity contribution in [2.45, 2.75) is 24.7 Å². The van der Waals surface area contributed by atoms with Crippen LogP contribution >= 0.6 is 11.3 Å². The fraction of sp³-hybridized carbons (Fsp3) is 0.294. The Morgan fingerprint density at radius 1 is 1.24 bits per heavy atom. The molecule has 132 valence electrons. The van der Waals surface area contributed by atoms with Gasteiger partial charge in [-0.25, -0.2) is 0 Å². The molecule has 1 N–H and O–H groups in total. The first-order valence-corrected chi connectivity index (χ1v) is 10.1. The summed E-state index contributed by atoms with van der Waals surface area (Å²) < 4.78 is 29.6. The van der Waals surface area contributed by atoms with Gasteiger partial charge < -0.3 is 4.74 Å². The number of methoxy groups -OCH3 is 1. The number of nitrogens with zero attached hydrogens (tertiary/aromatic N) is 1. The lowest BCUT2D eigenvalue weighted by Gasteiger charge is -2.21. The third-order valence-corrected chi connectivity index (χ3v) is 6.31. The van der Waals surface area contributed by atoms with E-state index in [9.17, 15) is 13.2 Å². The van der Waals surface area contributed by atoms with E-state index < -0.39 is 10.0 Å². The number of benzene rings is 1. The molecule has 6 nitrogen and oxygen atoms in total. The average molecular weight is 378 g/mol. The van der Waals surface area contributed by atoms with E-state index in [1.165, 1.54) is 30.6 Å². The number of thiophene rings is 1. The minimum atomic E-state index is -3.75. The van der Waals surface area contributed by atoms with Crippen molar-refractivity contribution in [3.8, 4) is 0 Å². The first kappa shape index (κ1) is 17.6. The van der Waals surface area contributed by atoms with Crippen molar-refractivity contribution in [2.75, 3.05) is 7.11 Å². The number of hydrogen-bond donors (Lipinski definition) is 1. The van der Waals surface area contributed by atoms with Crippen LogP contribution in [0.4, 0.5) is 0 Å². The second-order valence-corrected chi connectivity index (χ2v) is 8.45. The number of aryl methyl sites for hydroxylation is 1. The fourth-order valence-corrected chi connectivity index (χ4v) is 4.49. The predicted octanol–water partition coefficient (Wildman–Crippen LogP) is 2.47. The summed E-state index contributed by atoms with van der Waals surface area (Å²) >= 11 is 1.49. The number of carbonyl (C=O) groups is 1. The molecular weight excluding hydrogens is 360 g/mol. The molecule has 0 spiro atoms. The van der Waals surface area contributed by atoms with E-state index >= 15 is 0 Å². The molecule has 0 amide bonds. The van der Waals surface area contributed by atoms with Crippen LogP contribution in [0.1, 0.15) is 22.4 Å². The van der Waals surface area contributed by atoms with Crippen LogP contribution in [0.3, 0.4) is 0 Å². The van der Waals surface area contributed by atoms with Crippen LogP contribution in [-0.4, -0.2) is 27.2 Å². The molecule has 0 unspecified atom stereocenters. The lowest BCUT2D eigenvalue weighted by Crippen LogP contribution is -2.29. The molecule has 25 heavy (non-hydrogen) atoms. The molecule has 1 heterocycles. The molecule has 8 heteroatoms. The van der Waals surface area contributed by atoms with Crippen LogP contribution in [0, 0.1) is 12.8 Å². The Bertz CT molecular complexity index is 914. The molecule has 0 fully saturated rings. The van der Waals surface area contributed by atoms with Crippen molar-refractivity contribution in [2.24, 2.45) is 11.0 Å². The van der Waals surface area contributed by atoms with Crippen molar-refractivity contribution >= 4 is 33.0 Å². The minimum Gasteiger partial charge on any atom is -0.469 e. The smallest absolute Gasteiger partial charge is 0.309 e. The van der Waals surface area contributed by atoms with Gasteiger partial charge in [-0.2, -0.15) is 18.4 Å². The zero-order chi connectivity index (χ0) is 18.0. The maximum Gasteiger partial charge on any atom is 0.309 e. The van der Waals surface area contributed by atoms with Crippen LogP contribution in [-0.2, 0) is 26.0 Å². The summed E-state index contributed by atoms with van der Waals surface area (Å²) in [4.78, 5) is 15.2. The molecule has 0 saturated heterocycles. The fourth-order valence-electron chi connectivity index (χ4n) is 2.73. The predicted molar refractivity (Wildman–Crippen MR) is 96.2 cm³/mol. The van der Waals surface area contributed by atoms with Crippen molar-refractivity contribution in [3.63, 3.8) is 0 Å². The van der Waals surface area contributed by atoms with E-state index in [0.717, 1.165) is 16.0 Å². The lowest BCUT2D eigenvalue weighted by atomic mass is 9.87. The zero-order valence-electron chi connectivity index (χ0n) is 13.9. The number of rotatable bonds is 4. The van der Waals surface area contributed by atoms with Crippen molar-refractivity contribution in [1.29, 1.82) is 0 Å². The van der Waals surface area contributed by atoms with Gasteiger partial charge in [0.2, 0.25) is 0 Å². The molecule has 1 aliphatic rings. The Labute approximate surface area is 150 Å². The molecule has 0 aliphatic heterocycles. The molecule has 0 saturated carbocycles. The van der Waals surface area contributed by atoms with Crippen molar-refractivity contribution in [3.05, 3.63) is 51.7 Å². The van der Waals surface area contributed by atoms with E-state index in [4.69, 9.17) is 4.74 Å². The maximum absolute atomic E-state index is 12.4. The number of fused-ring (bicyclic) bond motifs is 1. The highest BCUT2D eigenvalue weighted by Crippen LogP contribution is 2.30. The molecule has 0 radical (unpaired) electrons. The van der Waals surface area contributed by atoms with Gasteiger partial charge in [-0.3, -0.25) is 4.79 Å². The maximum atomic E-state index is 12.4. The van der Waals surface area contributed by atoms with Gasteiger partial charge in [0.05, 0.1) is 28.5 Å². The molecule has 1 atom stereocenters. The third kappa shape index (κ3) is 3.74. The summed E-state index contributed by atoms with van der Waals surface area (Å²) in [7, 11) is -2.40. The number of sulfonamides is 1. The highest BCUT2D eigenvalue weighted by molar-refractivity contribution is 7.89. The second kappa shape index (κ2) is 6.97. The number of nitrogens with one attached hydrogen (secondary N) is 1. The zero-order valence-corrected chi connectivity index (χ0v) is 15.5. The summed E-state index contributed by atoms with van der Waals surface area (Å²) in [5.74, 6) is -0.666. The van der Waals surface area contributed by atoms with Gasteiger partial charge in [0.1, 0.15) is 0 Å². The minimum absolute atomic E-state index is 0.147. The Balaban J connectivity index is 1.87. The van der Waals surface area contributed by atoms with Crippen molar-refractivity contribution < 1.29 is 17.9 Å². The first-order chi connectivity index (χ1) is 11.9. The second-order valence-electron chi connectivity index (χ2n) is 5.87. The Hall–Kier alpha value is -2.19. The Morgan fingerprint density at radius 2 is 1.96 bits per heavy atom. The summed E-state index contributed by atoms with van der Waals surface area (Å²) in [6.07, 6.45) is 0.922. The quantitative estimate of drug-likeness (QED) is 0.654. The van der Waals surface area contributed by atoms with E-state index in [1.807, 2.05) is 18.4 Å². The number of ether oxygens (including phenoxy) is 1. The SMILES string of the molecule is COC(=O)[C@H]1CC(=NNS(=O)(=O)c2ccc(C)cc2)c2sccc2C1. The van der Waals surface area contributed by atoms with E-state index in [-0.39, 0.29) is 16.8 Å². The summed E-state index contributed by atoms with van der Waals surface area (Å²) in [6.45, 7) is 1.89. The normalized spacial score (nSPS) is 18.6. The topological polar surface area (TPSA) is 84.8 Å². The van der Waals surface area contributed by atoms with Crippen LogP contribution < -0.4 is 4.83 Å². The average Bonchev–Trinajstić information content (AvgIpc) is 3.08. The van der Waals surface area contributed by atoms with Crippen LogP contribution in [0.5, 0.6) is 0 Å². The number of hydrogen-bond acceptors (Lipinski definition) is 6. The Morgan fingerprint density at radius 3 is 2.64 bits per heavy atom. The number of carbonyl (C=O) groups excluding carboxylic acids is 1. The van der Waals surface area contributed by atoms with Crippen molar-refractivity contribution in [1.82, 2.24) is 4.83 Å². The van der Waals surface area contributed by atoms with Gasteiger partial charge in [-0.1, -0.05) is 17.7 Å². The molecule has 2 aromatic rings. The van der Waals surface area contributed by atoms with Crippen LogP contribution in [0.15, 0.2) is 45.7 Å². The third-order valence-electron chi connectivity index (χ3n) is 4.08. The summed E-state index contributed by atoms with van der Waals surface area (Å²) in [6, 6.07) is 8.46. The van der Waals surface area contributed by atoms with E-state index in [2.05, 4.69) is 9.93 Å². The first-order valence-electron chi connectivity index (χ1n) is 7.70. The van der Waals surface area contributed by atoms with E-state index in [1.54, 1.807) is 12.1 Å².